The molecule has 3 aromatic heterocycles. The van der Waals surface area contributed by atoms with E-state index in [0.717, 1.165) is 48.5 Å². The Morgan fingerprint density at radius 2 is 1.94 bits per heavy atom. The molecular formula is C24H26N8O. The number of nitrogens with zero attached hydrogens (tertiary/aromatic N) is 7. The van der Waals surface area contributed by atoms with Gasteiger partial charge in [-0.05, 0) is 32.0 Å². The van der Waals surface area contributed by atoms with Gasteiger partial charge in [0.25, 0.3) is 0 Å². The lowest BCUT2D eigenvalue weighted by Gasteiger charge is -2.34. The maximum atomic E-state index is 9.61. The molecule has 0 bridgehead atoms. The van der Waals surface area contributed by atoms with Gasteiger partial charge in [-0.15, -0.1) is 0 Å². The number of nitrogens with two attached hydrogens (primary N) is 1. The number of rotatable bonds is 3. The summed E-state index contributed by atoms with van der Waals surface area (Å²) in [5.74, 6) is 6.95. The molecule has 5 rings (SSSR count). The zero-order valence-electron chi connectivity index (χ0n) is 18.7. The molecule has 0 radical (unpaired) electrons. The van der Waals surface area contributed by atoms with Crippen LogP contribution >= 0.6 is 0 Å². The quantitative estimate of drug-likeness (QED) is 0.460. The number of nitrogen functional groups attached to an aromatic ring is 1. The summed E-state index contributed by atoms with van der Waals surface area (Å²) in [4.78, 5) is 18.2. The van der Waals surface area contributed by atoms with E-state index < -0.39 is 6.10 Å². The Bertz CT molecular complexity index is 1380. The molecule has 4 aromatic rings. The molecule has 1 atom stereocenters. The smallest absolute Gasteiger partial charge is 0.164 e. The third-order valence-corrected chi connectivity index (χ3v) is 5.86. The van der Waals surface area contributed by atoms with Gasteiger partial charge in [-0.3, -0.25) is 0 Å². The first-order chi connectivity index (χ1) is 16.0. The zero-order chi connectivity index (χ0) is 22.9. The van der Waals surface area contributed by atoms with E-state index in [4.69, 9.17) is 15.8 Å². The first-order valence-corrected chi connectivity index (χ1v) is 11.0. The van der Waals surface area contributed by atoms with Crippen LogP contribution in [0.5, 0.6) is 0 Å². The van der Waals surface area contributed by atoms with Crippen molar-refractivity contribution >= 4 is 33.6 Å². The van der Waals surface area contributed by atoms with Gasteiger partial charge in [0.1, 0.15) is 29.8 Å². The molecular weight excluding hydrogens is 416 g/mol. The molecule has 4 heterocycles. The van der Waals surface area contributed by atoms with E-state index in [1.165, 1.54) is 6.33 Å². The van der Waals surface area contributed by atoms with Crippen LogP contribution in [0.1, 0.15) is 18.2 Å². The molecule has 0 aliphatic carbocycles. The number of benzene rings is 1. The molecule has 1 aliphatic heterocycles. The summed E-state index contributed by atoms with van der Waals surface area (Å²) in [6.45, 7) is 5.87. The second kappa shape index (κ2) is 8.65. The minimum absolute atomic E-state index is 0.317. The largest absolute Gasteiger partial charge is 0.383 e. The molecule has 1 aliphatic rings. The molecule has 1 fully saturated rings. The van der Waals surface area contributed by atoms with E-state index in [1.807, 2.05) is 18.2 Å². The van der Waals surface area contributed by atoms with Crippen LogP contribution in [-0.2, 0) is 6.54 Å². The van der Waals surface area contributed by atoms with Gasteiger partial charge in [0.05, 0.1) is 17.4 Å². The van der Waals surface area contributed by atoms with Crippen molar-refractivity contribution in [1.82, 2.24) is 29.6 Å². The Labute approximate surface area is 191 Å². The standard InChI is InChI=1S/C24H26N8O/c1-16(33)7-8-20-21-22(25)26-15-27-24(21)32(29-20)14-18-13-17-5-3-4-6-19(17)28-23(18)31-11-9-30(2)10-12-31/h3-6,13,15-16,33H,9-12,14H2,1-2H3,(H2,25,26,27)/t16-/m1/s1. The first kappa shape index (κ1) is 21.1. The van der Waals surface area contributed by atoms with Gasteiger partial charge in [-0.2, -0.15) is 5.10 Å². The van der Waals surface area contributed by atoms with Crippen molar-refractivity contribution in [3.8, 4) is 11.8 Å². The van der Waals surface area contributed by atoms with Crippen molar-refractivity contribution in [2.45, 2.75) is 19.6 Å². The van der Waals surface area contributed by atoms with E-state index in [9.17, 15) is 5.11 Å². The fourth-order valence-electron chi connectivity index (χ4n) is 4.12. The predicted octanol–water partition coefficient (Wildman–Crippen LogP) is 1.49. The summed E-state index contributed by atoms with van der Waals surface area (Å²) >= 11 is 0. The lowest BCUT2D eigenvalue weighted by atomic mass is 10.1. The van der Waals surface area contributed by atoms with Crippen molar-refractivity contribution in [2.75, 3.05) is 43.9 Å². The number of aromatic nitrogens is 5. The fraction of sp³-hybridized carbons (Fsp3) is 0.333. The van der Waals surface area contributed by atoms with Crippen molar-refractivity contribution < 1.29 is 5.11 Å². The van der Waals surface area contributed by atoms with Crippen molar-refractivity contribution in [3.05, 3.63) is 47.9 Å². The predicted molar refractivity (Wildman–Crippen MR) is 129 cm³/mol. The number of likely N-dealkylation sites (N-methyl/N-ethyl adjacent to an activating group) is 1. The van der Waals surface area contributed by atoms with Gasteiger partial charge in [0, 0.05) is 37.1 Å². The number of aliphatic hydroxyl groups is 1. The summed E-state index contributed by atoms with van der Waals surface area (Å²) in [6.07, 6.45) is 0.659. The molecule has 3 N–H and O–H groups in total. The zero-order valence-corrected chi connectivity index (χ0v) is 18.7. The van der Waals surface area contributed by atoms with E-state index in [-0.39, 0.29) is 0 Å². The maximum Gasteiger partial charge on any atom is 0.164 e. The van der Waals surface area contributed by atoms with Gasteiger partial charge >= 0.3 is 0 Å². The second-order valence-corrected chi connectivity index (χ2v) is 8.36. The molecule has 9 heteroatoms. The van der Waals surface area contributed by atoms with Crippen LogP contribution in [0.3, 0.4) is 0 Å². The molecule has 0 saturated carbocycles. The summed E-state index contributed by atoms with van der Waals surface area (Å²) in [7, 11) is 2.14. The number of hydrogen-bond donors (Lipinski definition) is 2. The van der Waals surface area contributed by atoms with Gasteiger partial charge in [-0.25, -0.2) is 19.6 Å². The number of aliphatic hydroxyl groups excluding tert-OH is 1. The average molecular weight is 443 g/mol. The second-order valence-electron chi connectivity index (χ2n) is 8.36. The Morgan fingerprint density at radius 1 is 1.15 bits per heavy atom. The minimum Gasteiger partial charge on any atom is -0.383 e. The minimum atomic E-state index is -0.774. The molecule has 1 aromatic carbocycles. The Kier molecular flexibility index (Phi) is 5.54. The number of para-hydroxylation sites is 1. The fourth-order valence-corrected chi connectivity index (χ4v) is 4.12. The summed E-state index contributed by atoms with van der Waals surface area (Å²) in [6, 6.07) is 10.3. The third kappa shape index (κ3) is 4.18. The monoisotopic (exact) mass is 442 g/mol. The molecule has 33 heavy (non-hydrogen) atoms. The van der Waals surface area contributed by atoms with Gasteiger partial charge < -0.3 is 20.6 Å². The van der Waals surface area contributed by atoms with Crippen LogP contribution < -0.4 is 10.6 Å². The van der Waals surface area contributed by atoms with Crippen LogP contribution in [0.4, 0.5) is 11.6 Å². The molecule has 0 unspecified atom stereocenters. The number of fused-ring (bicyclic) bond motifs is 2. The van der Waals surface area contributed by atoms with E-state index in [1.54, 1.807) is 11.6 Å². The van der Waals surface area contributed by atoms with Gasteiger partial charge in [0.15, 0.2) is 5.65 Å². The molecule has 0 spiro atoms. The highest BCUT2D eigenvalue weighted by Gasteiger charge is 2.21. The van der Waals surface area contributed by atoms with Crippen LogP contribution in [0.2, 0.25) is 0 Å². The van der Waals surface area contributed by atoms with Crippen LogP contribution in [0, 0.1) is 11.8 Å². The first-order valence-electron chi connectivity index (χ1n) is 11.0. The van der Waals surface area contributed by atoms with E-state index in [0.29, 0.717) is 29.1 Å². The highest BCUT2D eigenvalue weighted by Crippen LogP contribution is 2.27. The van der Waals surface area contributed by atoms with E-state index >= 15 is 0 Å². The number of anilines is 2. The topological polar surface area (TPSA) is 109 Å². The summed E-state index contributed by atoms with van der Waals surface area (Å²) in [5.41, 5.74) is 9.23. The van der Waals surface area contributed by atoms with E-state index in [2.05, 4.69) is 50.8 Å². The highest BCUT2D eigenvalue weighted by molar-refractivity contribution is 5.90. The highest BCUT2D eigenvalue weighted by atomic mass is 16.3. The average Bonchev–Trinajstić information content (AvgIpc) is 3.16. The van der Waals surface area contributed by atoms with Crippen LogP contribution in [-0.4, -0.2) is 74.1 Å². The number of pyridine rings is 1. The van der Waals surface area contributed by atoms with Crippen LogP contribution in [0.15, 0.2) is 36.7 Å². The molecule has 168 valence electrons. The summed E-state index contributed by atoms with van der Waals surface area (Å²) in [5, 5.41) is 16.0. The maximum absolute atomic E-state index is 9.61. The van der Waals surface area contributed by atoms with Gasteiger partial charge in [-0.1, -0.05) is 24.1 Å². The lowest BCUT2D eigenvalue weighted by Crippen LogP contribution is -2.45. The van der Waals surface area contributed by atoms with Crippen molar-refractivity contribution in [3.63, 3.8) is 0 Å². The molecule has 0 amide bonds. The van der Waals surface area contributed by atoms with Crippen molar-refractivity contribution in [1.29, 1.82) is 0 Å². The van der Waals surface area contributed by atoms with Crippen LogP contribution in [0.25, 0.3) is 21.9 Å². The third-order valence-electron chi connectivity index (χ3n) is 5.86. The molecule has 9 nitrogen and oxygen atoms in total. The Hall–Kier alpha value is -3.74. The lowest BCUT2D eigenvalue weighted by molar-refractivity contribution is 0.253. The van der Waals surface area contributed by atoms with Gasteiger partial charge in [0.2, 0.25) is 0 Å². The van der Waals surface area contributed by atoms with Crippen molar-refractivity contribution in [2.24, 2.45) is 0 Å². The molecule has 1 saturated heterocycles. The summed E-state index contributed by atoms with van der Waals surface area (Å²) < 4.78 is 1.80. The normalized spacial score (nSPS) is 15.5. The Morgan fingerprint density at radius 3 is 2.73 bits per heavy atom. The SMILES string of the molecule is C[C@@H](O)C#Cc1nn(Cc2cc3ccccc3nc2N2CCN(C)CC2)c2ncnc(N)c12. The number of piperazine rings is 1. The Balaban J connectivity index is 1.63. The number of hydrogen-bond acceptors (Lipinski definition) is 8.